The Kier molecular flexibility index (Phi) is 48.8. The lowest BCUT2D eigenvalue weighted by Gasteiger charge is -2.25. The molecule has 0 saturated carbocycles. The summed E-state index contributed by atoms with van der Waals surface area (Å²) in [4.78, 5) is 23.2. The molecule has 398 valence electrons. The molecule has 0 aromatic carbocycles. The number of carbonyl (C=O) groups excluding carboxylic acids is 1. The van der Waals surface area contributed by atoms with E-state index in [1.54, 1.807) is 6.08 Å². The molecule has 3 N–H and O–H groups in total. The Morgan fingerprint density at radius 1 is 0.500 bits per heavy atom. The number of phosphoric acid groups is 1. The molecule has 0 aliphatic carbocycles. The number of amides is 1. The minimum atomic E-state index is -4.35. The lowest BCUT2D eigenvalue weighted by atomic mass is 10.0. The number of allylic oxidation sites excluding steroid dienone is 9. The lowest BCUT2D eigenvalue weighted by molar-refractivity contribution is -0.870. The van der Waals surface area contributed by atoms with Gasteiger partial charge in [0.15, 0.2) is 0 Å². The van der Waals surface area contributed by atoms with Crippen LogP contribution in [0.2, 0.25) is 0 Å². The van der Waals surface area contributed by atoms with Gasteiger partial charge >= 0.3 is 7.82 Å². The first-order valence-corrected chi connectivity index (χ1v) is 30.2. The second kappa shape index (κ2) is 50.2. The first-order valence-electron chi connectivity index (χ1n) is 28.7. The van der Waals surface area contributed by atoms with Crippen LogP contribution in [0.1, 0.15) is 258 Å². The van der Waals surface area contributed by atoms with E-state index in [-0.39, 0.29) is 19.1 Å². The third kappa shape index (κ3) is 52.0. The molecule has 0 heterocycles. The van der Waals surface area contributed by atoms with Gasteiger partial charge in [0.05, 0.1) is 39.9 Å². The van der Waals surface area contributed by atoms with Crippen LogP contribution in [0.15, 0.2) is 60.8 Å². The molecule has 0 saturated heterocycles. The van der Waals surface area contributed by atoms with Crippen LogP contribution < -0.4 is 5.32 Å². The number of likely N-dealkylation sites (N-methyl/N-ethyl adjacent to an activating group) is 1. The van der Waals surface area contributed by atoms with Gasteiger partial charge in [0, 0.05) is 6.42 Å². The largest absolute Gasteiger partial charge is 0.472 e. The number of carbonyl (C=O) groups is 1. The Hall–Kier alpha value is -1.80. The molecular weight excluding hydrogens is 864 g/mol. The summed E-state index contributed by atoms with van der Waals surface area (Å²) in [7, 11) is 1.55. The molecule has 0 fully saturated rings. The van der Waals surface area contributed by atoms with Gasteiger partial charge < -0.3 is 19.8 Å². The molecule has 0 bridgehead atoms. The monoisotopic (exact) mass is 976 g/mol. The van der Waals surface area contributed by atoms with E-state index >= 15 is 0 Å². The zero-order chi connectivity index (χ0) is 49.9. The van der Waals surface area contributed by atoms with Crippen molar-refractivity contribution in [1.82, 2.24) is 5.32 Å². The zero-order valence-corrected chi connectivity index (χ0v) is 46.2. The van der Waals surface area contributed by atoms with Crippen molar-refractivity contribution in [3.63, 3.8) is 0 Å². The maximum atomic E-state index is 12.9. The van der Waals surface area contributed by atoms with Crippen LogP contribution in [0.4, 0.5) is 0 Å². The number of nitrogens with zero attached hydrogens (tertiary/aromatic N) is 1. The normalized spacial score (nSPS) is 14.4. The van der Waals surface area contributed by atoms with E-state index in [9.17, 15) is 19.4 Å². The first kappa shape index (κ1) is 66.2. The molecule has 3 atom stereocenters. The molecule has 1 amide bonds. The van der Waals surface area contributed by atoms with E-state index < -0.39 is 20.0 Å². The Morgan fingerprint density at radius 3 is 1.29 bits per heavy atom. The van der Waals surface area contributed by atoms with Crippen LogP contribution in [0.5, 0.6) is 0 Å². The van der Waals surface area contributed by atoms with Crippen LogP contribution in [0.25, 0.3) is 0 Å². The summed E-state index contributed by atoms with van der Waals surface area (Å²) < 4.78 is 23.6. The average Bonchev–Trinajstić information content (AvgIpc) is 3.30. The molecule has 9 heteroatoms. The van der Waals surface area contributed by atoms with Crippen molar-refractivity contribution in [3.05, 3.63) is 60.8 Å². The molecule has 68 heavy (non-hydrogen) atoms. The van der Waals surface area contributed by atoms with Gasteiger partial charge in [-0.3, -0.25) is 13.8 Å². The third-order valence-corrected chi connectivity index (χ3v) is 13.7. The summed E-state index contributed by atoms with van der Waals surface area (Å²) in [6.07, 6.45) is 67.7. The fourth-order valence-electron chi connectivity index (χ4n) is 8.16. The lowest BCUT2D eigenvalue weighted by Crippen LogP contribution is -2.45. The standard InChI is InChI=1S/C59H111N2O6P/c1-6-8-10-12-14-16-18-20-21-22-23-24-25-26-27-28-29-30-31-32-33-34-35-36-37-38-39-41-43-45-47-49-51-53-59(63)60-57(56-67-68(64,65)66-55-54-61(3,4)5)58(62)52-50-48-46-44-42-40-19-17-15-13-11-9-7-2/h15,17-18,20,22-23,42,44,50,52,57-58,62H,6-14,16,19,21,24-41,43,45-49,51,53-56H2,1-5H3,(H-,60,63,64,65)/p+1/b17-15+,20-18-,23-22-,44-42+,52-50+. The number of aliphatic hydroxyl groups is 1. The molecule has 0 aromatic heterocycles. The van der Waals surface area contributed by atoms with Gasteiger partial charge in [-0.25, -0.2) is 4.57 Å². The fourth-order valence-corrected chi connectivity index (χ4v) is 8.90. The van der Waals surface area contributed by atoms with Gasteiger partial charge in [-0.1, -0.05) is 235 Å². The molecule has 8 nitrogen and oxygen atoms in total. The third-order valence-electron chi connectivity index (χ3n) is 12.7. The summed E-state index contributed by atoms with van der Waals surface area (Å²) in [5.41, 5.74) is 0. The van der Waals surface area contributed by atoms with Crippen molar-refractivity contribution < 1.29 is 32.9 Å². The summed E-state index contributed by atoms with van der Waals surface area (Å²) >= 11 is 0. The molecule has 0 spiro atoms. The minimum absolute atomic E-state index is 0.0531. The first-order chi connectivity index (χ1) is 33.0. The van der Waals surface area contributed by atoms with Crippen molar-refractivity contribution in [2.24, 2.45) is 0 Å². The van der Waals surface area contributed by atoms with Crippen molar-refractivity contribution in [1.29, 1.82) is 0 Å². The fraction of sp³-hybridized carbons (Fsp3) is 0.814. The molecule has 0 aromatic rings. The van der Waals surface area contributed by atoms with E-state index in [1.807, 2.05) is 27.2 Å². The predicted octanol–water partition coefficient (Wildman–Crippen LogP) is 17.3. The number of quaternary nitrogens is 1. The van der Waals surface area contributed by atoms with Gasteiger partial charge in [-0.15, -0.1) is 0 Å². The van der Waals surface area contributed by atoms with E-state index in [2.05, 4.69) is 67.8 Å². The van der Waals surface area contributed by atoms with Crippen molar-refractivity contribution in [2.75, 3.05) is 40.9 Å². The van der Waals surface area contributed by atoms with Crippen molar-refractivity contribution >= 4 is 13.7 Å². The number of hydrogen-bond acceptors (Lipinski definition) is 5. The number of unbranched alkanes of at least 4 members (excludes halogenated alkanes) is 31. The Balaban J connectivity index is 4.03. The second-order valence-corrected chi connectivity index (χ2v) is 22.1. The average molecular weight is 977 g/mol. The van der Waals surface area contributed by atoms with Gasteiger partial charge in [0.2, 0.25) is 5.91 Å². The van der Waals surface area contributed by atoms with Gasteiger partial charge in [0.1, 0.15) is 13.2 Å². The summed E-state index contributed by atoms with van der Waals surface area (Å²) in [6.45, 7) is 4.75. The smallest absolute Gasteiger partial charge is 0.387 e. The zero-order valence-electron chi connectivity index (χ0n) is 45.3. The summed E-state index contributed by atoms with van der Waals surface area (Å²) in [6, 6.07) is -0.869. The van der Waals surface area contributed by atoms with E-state index in [0.29, 0.717) is 17.4 Å². The van der Waals surface area contributed by atoms with Crippen molar-refractivity contribution in [3.8, 4) is 0 Å². The molecule has 0 aliphatic heterocycles. The number of phosphoric ester groups is 1. The Morgan fingerprint density at radius 2 is 0.853 bits per heavy atom. The van der Waals surface area contributed by atoms with Gasteiger partial charge in [-0.2, -0.15) is 0 Å². The summed E-state index contributed by atoms with van der Waals surface area (Å²) in [5.74, 6) is -0.190. The number of rotatable bonds is 52. The molecular formula is C59H112N2O6P+. The van der Waals surface area contributed by atoms with Crippen LogP contribution in [-0.4, -0.2) is 73.4 Å². The van der Waals surface area contributed by atoms with Gasteiger partial charge in [0.25, 0.3) is 0 Å². The minimum Gasteiger partial charge on any atom is -0.387 e. The number of hydrogen-bond donors (Lipinski definition) is 3. The van der Waals surface area contributed by atoms with E-state index in [0.717, 1.165) is 57.8 Å². The highest BCUT2D eigenvalue weighted by atomic mass is 31.2. The van der Waals surface area contributed by atoms with Crippen LogP contribution in [0, 0.1) is 0 Å². The topological polar surface area (TPSA) is 105 Å². The molecule has 0 rings (SSSR count). The quantitative estimate of drug-likeness (QED) is 0.0243. The molecule has 0 aliphatic rings. The Labute approximate surface area is 422 Å². The van der Waals surface area contributed by atoms with Crippen LogP contribution >= 0.6 is 7.82 Å². The highest BCUT2D eigenvalue weighted by molar-refractivity contribution is 7.47. The van der Waals surface area contributed by atoms with Crippen molar-refractivity contribution in [2.45, 2.75) is 270 Å². The SMILES string of the molecule is CCCCC/C=C/CC/C=C/CC/C=C/C(O)C(COP(=O)(O)OCC[N+](C)(C)C)NC(=O)CCCCCCCCCCCCCCCCCCCCCCC/C=C\C/C=C\CCCCCCC. The number of nitrogens with one attached hydrogen (secondary N) is 1. The maximum Gasteiger partial charge on any atom is 0.472 e. The highest BCUT2D eigenvalue weighted by Gasteiger charge is 2.27. The number of aliphatic hydroxyl groups excluding tert-OH is 1. The summed E-state index contributed by atoms with van der Waals surface area (Å²) in [5, 5.41) is 13.8. The van der Waals surface area contributed by atoms with E-state index in [1.165, 1.54) is 180 Å². The highest BCUT2D eigenvalue weighted by Crippen LogP contribution is 2.43. The second-order valence-electron chi connectivity index (χ2n) is 20.6. The Bertz CT molecular complexity index is 1290. The van der Waals surface area contributed by atoms with E-state index in [4.69, 9.17) is 9.05 Å². The maximum absolute atomic E-state index is 12.9. The molecule has 3 unspecified atom stereocenters. The van der Waals surface area contributed by atoms with Crippen LogP contribution in [-0.2, 0) is 18.4 Å². The molecule has 0 radical (unpaired) electrons. The van der Waals surface area contributed by atoms with Gasteiger partial charge in [-0.05, 0) is 77.0 Å². The predicted molar refractivity (Wildman–Crippen MR) is 295 cm³/mol. The van der Waals surface area contributed by atoms with Crippen LogP contribution in [0.3, 0.4) is 0 Å².